The monoisotopic (exact) mass is 286 g/mol. The molecule has 0 amide bonds. The molecular formula is C12H22N4O2S. The van der Waals surface area contributed by atoms with E-state index < -0.39 is 15.6 Å². The molecule has 1 fully saturated rings. The van der Waals surface area contributed by atoms with E-state index in [9.17, 15) is 8.42 Å². The molecule has 0 unspecified atom stereocenters. The first kappa shape index (κ1) is 14.5. The van der Waals surface area contributed by atoms with E-state index in [0.29, 0.717) is 18.2 Å². The van der Waals surface area contributed by atoms with Gasteiger partial charge >= 0.3 is 0 Å². The Bertz CT molecular complexity index is 532. The molecule has 3 N–H and O–H groups in total. The van der Waals surface area contributed by atoms with Crippen molar-refractivity contribution in [3.63, 3.8) is 0 Å². The first-order valence-electron chi connectivity index (χ1n) is 6.64. The summed E-state index contributed by atoms with van der Waals surface area (Å²) in [6.07, 6.45) is 4.63. The molecule has 6 nitrogen and oxygen atoms in total. The Morgan fingerprint density at radius 1 is 1.47 bits per heavy atom. The standard InChI is InChI=1S/C12H22N4O2S/c1-4-12(2,3)16-19(17,18)11-9(8-14-15-11)7-13-10-5-6-10/h8,10,13,16H,4-7H2,1-3H3,(H,14,15). The van der Waals surface area contributed by atoms with Gasteiger partial charge in [0.25, 0.3) is 10.0 Å². The van der Waals surface area contributed by atoms with Crippen molar-refractivity contribution in [2.45, 2.75) is 63.2 Å². The number of aromatic amines is 1. The van der Waals surface area contributed by atoms with Crippen LogP contribution in [0.5, 0.6) is 0 Å². The predicted molar refractivity (Wildman–Crippen MR) is 73.1 cm³/mol. The minimum absolute atomic E-state index is 0.169. The van der Waals surface area contributed by atoms with Gasteiger partial charge in [0, 0.05) is 23.7 Å². The van der Waals surface area contributed by atoms with Crippen LogP contribution >= 0.6 is 0 Å². The highest BCUT2D eigenvalue weighted by atomic mass is 32.2. The first-order valence-corrected chi connectivity index (χ1v) is 8.12. The van der Waals surface area contributed by atoms with Gasteiger partial charge in [0.2, 0.25) is 0 Å². The zero-order valence-corrected chi connectivity index (χ0v) is 12.5. The number of sulfonamides is 1. The quantitative estimate of drug-likeness (QED) is 0.701. The van der Waals surface area contributed by atoms with Gasteiger partial charge in [-0.2, -0.15) is 5.10 Å². The average molecular weight is 286 g/mol. The molecule has 1 heterocycles. The first-order chi connectivity index (χ1) is 8.84. The maximum absolute atomic E-state index is 12.3. The van der Waals surface area contributed by atoms with E-state index in [1.54, 1.807) is 6.20 Å². The number of H-pyrrole nitrogens is 1. The third-order valence-corrected chi connectivity index (χ3v) is 5.11. The van der Waals surface area contributed by atoms with Crippen molar-refractivity contribution in [3.05, 3.63) is 11.8 Å². The van der Waals surface area contributed by atoms with Crippen LogP contribution in [0.2, 0.25) is 0 Å². The molecule has 1 aliphatic carbocycles. The Morgan fingerprint density at radius 3 is 2.74 bits per heavy atom. The largest absolute Gasteiger partial charge is 0.310 e. The zero-order valence-electron chi connectivity index (χ0n) is 11.7. The number of hydrogen-bond acceptors (Lipinski definition) is 4. The average Bonchev–Trinajstić information content (AvgIpc) is 3.01. The molecule has 1 saturated carbocycles. The minimum Gasteiger partial charge on any atom is -0.310 e. The topological polar surface area (TPSA) is 86.9 Å². The van der Waals surface area contributed by atoms with Crippen LogP contribution < -0.4 is 10.0 Å². The number of hydrogen-bond donors (Lipinski definition) is 3. The minimum atomic E-state index is -3.55. The Morgan fingerprint density at radius 2 is 2.16 bits per heavy atom. The summed E-state index contributed by atoms with van der Waals surface area (Å²) in [5.41, 5.74) is 0.219. The Labute approximate surface area is 114 Å². The van der Waals surface area contributed by atoms with Crippen molar-refractivity contribution in [2.24, 2.45) is 0 Å². The maximum atomic E-state index is 12.3. The molecule has 2 rings (SSSR count). The van der Waals surface area contributed by atoms with E-state index in [1.165, 1.54) is 12.8 Å². The van der Waals surface area contributed by atoms with Gasteiger partial charge in [-0.3, -0.25) is 5.10 Å². The molecule has 0 spiro atoms. The summed E-state index contributed by atoms with van der Waals surface area (Å²) in [5.74, 6) is 0. The predicted octanol–water partition coefficient (Wildman–Crippen LogP) is 1.13. The van der Waals surface area contributed by atoms with Gasteiger partial charge in [0.1, 0.15) is 0 Å². The van der Waals surface area contributed by atoms with Crippen molar-refractivity contribution in [2.75, 3.05) is 0 Å². The fraction of sp³-hybridized carbons (Fsp3) is 0.750. The van der Waals surface area contributed by atoms with Gasteiger partial charge in [-0.15, -0.1) is 0 Å². The van der Waals surface area contributed by atoms with Crippen LogP contribution in [0.1, 0.15) is 45.6 Å². The fourth-order valence-corrected chi connectivity index (χ4v) is 3.30. The highest BCUT2D eigenvalue weighted by molar-refractivity contribution is 7.89. The van der Waals surface area contributed by atoms with Crippen LogP contribution in [0.15, 0.2) is 11.2 Å². The van der Waals surface area contributed by atoms with Gasteiger partial charge in [0.15, 0.2) is 5.03 Å². The fourth-order valence-electron chi connectivity index (χ4n) is 1.69. The number of aromatic nitrogens is 2. The van der Waals surface area contributed by atoms with Crippen molar-refractivity contribution >= 4 is 10.0 Å². The summed E-state index contributed by atoms with van der Waals surface area (Å²) in [7, 11) is -3.55. The van der Waals surface area contributed by atoms with E-state index in [4.69, 9.17) is 0 Å². The maximum Gasteiger partial charge on any atom is 0.258 e. The molecule has 7 heteroatoms. The van der Waals surface area contributed by atoms with E-state index in [1.807, 2.05) is 20.8 Å². The molecule has 0 radical (unpaired) electrons. The van der Waals surface area contributed by atoms with Crippen LogP contribution in [-0.2, 0) is 16.6 Å². The summed E-state index contributed by atoms with van der Waals surface area (Å²) >= 11 is 0. The van der Waals surface area contributed by atoms with Gasteiger partial charge < -0.3 is 5.32 Å². The summed E-state index contributed by atoms with van der Waals surface area (Å²) in [6, 6.07) is 0.533. The third-order valence-electron chi connectivity index (χ3n) is 3.40. The normalized spacial score (nSPS) is 16.8. The second-order valence-corrected chi connectivity index (χ2v) is 7.34. The van der Waals surface area contributed by atoms with Crippen LogP contribution in [0.25, 0.3) is 0 Å². The highest BCUT2D eigenvalue weighted by Crippen LogP contribution is 2.21. The summed E-state index contributed by atoms with van der Waals surface area (Å²) in [4.78, 5) is 0. The smallest absolute Gasteiger partial charge is 0.258 e. The van der Waals surface area contributed by atoms with Gasteiger partial charge in [0.05, 0.1) is 6.20 Å². The van der Waals surface area contributed by atoms with E-state index >= 15 is 0 Å². The summed E-state index contributed by atoms with van der Waals surface area (Å²) < 4.78 is 27.4. The van der Waals surface area contributed by atoms with E-state index in [0.717, 1.165) is 6.42 Å². The van der Waals surface area contributed by atoms with Crippen LogP contribution in [-0.4, -0.2) is 30.2 Å². The third kappa shape index (κ3) is 3.77. The Balaban J connectivity index is 2.13. The van der Waals surface area contributed by atoms with Gasteiger partial charge in [-0.05, 0) is 33.1 Å². The second kappa shape index (κ2) is 5.22. The lowest BCUT2D eigenvalue weighted by atomic mass is 10.0. The van der Waals surface area contributed by atoms with Crippen molar-refractivity contribution in [1.29, 1.82) is 0 Å². The van der Waals surface area contributed by atoms with Crippen LogP contribution in [0, 0.1) is 0 Å². The van der Waals surface area contributed by atoms with Gasteiger partial charge in [-0.25, -0.2) is 13.1 Å². The molecule has 0 aliphatic heterocycles. The Kier molecular flexibility index (Phi) is 3.98. The van der Waals surface area contributed by atoms with E-state index in [-0.39, 0.29) is 5.03 Å². The zero-order chi connectivity index (χ0) is 14.1. The van der Waals surface area contributed by atoms with Gasteiger partial charge in [-0.1, -0.05) is 6.92 Å². The summed E-state index contributed by atoms with van der Waals surface area (Å²) in [5, 5.41) is 9.92. The Hall–Kier alpha value is -0.920. The molecule has 19 heavy (non-hydrogen) atoms. The molecular weight excluding hydrogens is 264 g/mol. The second-order valence-electron chi connectivity index (χ2n) is 5.72. The van der Waals surface area contributed by atoms with Crippen LogP contribution in [0.3, 0.4) is 0 Å². The molecule has 0 aromatic carbocycles. The lowest BCUT2D eigenvalue weighted by Crippen LogP contribution is -2.43. The van der Waals surface area contributed by atoms with Crippen LogP contribution in [0.4, 0.5) is 0 Å². The SMILES string of the molecule is CCC(C)(C)NS(=O)(=O)c1[nH]ncc1CNC1CC1. The van der Waals surface area contributed by atoms with Crippen molar-refractivity contribution in [3.8, 4) is 0 Å². The van der Waals surface area contributed by atoms with Crippen molar-refractivity contribution in [1.82, 2.24) is 20.2 Å². The number of rotatable bonds is 7. The molecule has 1 aromatic rings. The molecule has 0 saturated heterocycles. The molecule has 108 valence electrons. The van der Waals surface area contributed by atoms with E-state index in [2.05, 4.69) is 20.2 Å². The number of nitrogens with one attached hydrogen (secondary N) is 3. The lowest BCUT2D eigenvalue weighted by Gasteiger charge is -2.23. The molecule has 0 bridgehead atoms. The molecule has 1 aromatic heterocycles. The number of nitrogens with zero attached hydrogens (tertiary/aromatic N) is 1. The highest BCUT2D eigenvalue weighted by Gasteiger charge is 2.28. The molecule has 1 aliphatic rings. The summed E-state index contributed by atoms with van der Waals surface area (Å²) in [6.45, 7) is 6.21. The lowest BCUT2D eigenvalue weighted by molar-refractivity contribution is 0.438. The van der Waals surface area contributed by atoms with Crippen molar-refractivity contribution < 1.29 is 8.42 Å². The molecule has 0 atom stereocenters.